The number of fused-ring (bicyclic) bond motifs is 2. The van der Waals surface area contributed by atoms with Gasteiger partial charge in [0.1, 0.15) is 11.2 Å². The fraction of sp³-hybridized carbons (Fsp3) is 0.419. The van der Waals surface area contributed by atoms with Gasteiger partial charge in [-0.15, -0.1) is 0 Å². The number of hydrogen-bond donors (Lipinski definition) is 0. The Balaban J connectivity index is 0.000000165. The van der Waals surface area contributed by atoms with Crippen molar-refractivity contribution in [3.8, 4) is 0 Å². The molecule has 8 nitrogen and oxygen atoms in total. The molecular formula is C31H36B2O8. The second-order valence-electron chi connectivity index (χ2n) is 12.7. The minimum Gasteiger partial charge on any atom is -0.423 e. The molecule has 0 atom stereocenters. The zero-order chi connectivity index (χ0) is 29.7. The largest absolute Gasteiger partial charge is 0.494 e. The first-order valence-corrected chi connectivity index (χ1v) is 13.8. The Hall–Kier alpha value is -3.17. The highest BCUT2D eigenvalue weighted by atomic mass is 16.7. The molecule has 0 bridgehead atoms. The Bertz CT molecular complexity index is 1690. The summed E-state index contributed by atoms with van der Waals surface area (Å²) in [5, 5.41) is 1.86. The van der Waals surface area contributed by atoms with Crippen LogP contribution in [-0.4, -0.2) is 38.7 Å². The van der Waals surface area contributed by atoms with Gasteiger partial charge in [0.2, 0.25) is 0 Å². The van der Waals surface area contributed by atoms with Crippen LogP contribution in [0.25, 0.3) is 21.9 Å². The van der Waals surface area contributed by atoms with Gasteiger partial charge in [0.25, 0.3) is 0 Å². The maximum Gasteiger partial charge on any atom is 0.494 e. The molecule has 10 heteroatoms. The van der Waals surface area contributed by atoms with Gasteiger partial charge in [-0.1, -0.05) is 38.1 Å². The molecule has 0 saturated carbocycles. The summed E-state index contributed by atoms with van der Waals surface area (Å²) in [7, 11) is -0.844. The van der Waals surface area contributed by atoms with Crippen LogP contribution in [0.5, 0.6) is 0 Å². The van der Waals surface area contributed by atoms with Crippen LogP contribution in [-0.2, 0) is 18.6 Å². The van der Waals surface area contributed by atoms with Crippen molar-refractivity contribution < 1.29 is 27.5 Å². The number of benzene rings is 2. The highest BCUT2D eigenvalue weighted by molar-refractivity contribution is 6.62. The predicted molar refractivity (Wildman–Crippen MR) is 161 cm³/mol. The third kappa shape index (κ3) is 6.06. The Morgan fingerprint density at radius 3 is 1.46 bits per heavy atom. The summed E-state index contributed by atoms with van der Waals surface area (Å²) in [5.41, 5.74) is 3.27. The van der Waals surface area contributed by atoms with Crippen LogP contribution in [0.4, 0.5) is 0 Å². The SMILES string of the molecule is Cc1cc(=O)oc2cc(B3OC(C)(C)C(C)(C)O3)ccc12.Cc1cc(=O)oc2cc(B3OCC(C)(C)CO3)ccc12. The Morgan fingerprint density at radius 2 is 1.02 bits per heavy atom. The quantitative estimate of drug-likeness (QED) is 0.266. The lowest BCUT2D eigenvalue weighted by atomic mass is 9.75. The molecule has 2 saturated heterocycles. The summed E-state index contributed by atoms with van der Waals surface area (Å²) in [6.07, 6.45) is 0. The van der Waals surface area contributed by atoms with Crippen LogP contribution in [0.3, 0.4) is 0 Å². The summed E-state index contributed by atoms with van der Waals surface area (Å²) in [5.74, 6) is 0. The van der Waals surface area contributed by atoms with Crippen LogP contribution in [0.1, 0.15) is 52.7 Å². The average Bonchev–Trinajstić information content (AvgIpc) is 3.10. The molecule has 0 amide bonds. The van der Waals surface area contributed by atoms with Gasteiger partial charge in [-0.05, 0) is 75.7 Å². The second kappa shape index (κ2) is 10.6. The highest BCUT2D eigenvalue weighted by Gasteiger charge is 2.51. The van der Waals surface area contributed by atoms with E-state index in [1.54, 1.807) is 0 Å². The van der Waals surface area contributed by atoms with E-state index < -0.39 is 14.2 Å². The molecule has 4 heterocycles. The van der Waals surface area contributed by atoms with E-state index in [4.69, 9.17) is 27.5 Å². The summed E-state index contributed by atoms with van der Waals surface area (Å²) < 4.78 is 34.1. The number of hydrogen-bond acceptors (Lipinski definition) is 8. The molecule has 41 heavy (non-hydrogen) atoms. The minimum atomic E-state index is -0.454. The molecule has 2 aliphatic heterocycles. The van der Waals surface area contributed by atoms with Crippen LogP contribution < -0.4 is 22.2 Å². The standard InChI is InChI=1S/C16H19BO4.C15H17BO4/c1-10-8-14(18)19-13-9-11(6-7-12(10)13)17-20-15(2,3)16(4,5)21-17;1-10-6-14(17)20-13-7-11(4-5-12(10)13)16-18-8-15(2,3)9-19-16/h6-9H,1-5H3;4-7H,8-9H2,1-3H3. The normalized spacial score (nSPS) is 19.3. The zero-order valence-corrected chi connectivity index (χ0v) is 25.0. The lowest BCUT2D eigenvalue weighted by molar-refractivity contribution is 0.00578. The van der Waals surface area contributed by atoms with Gasteiger partial charge < -0.3 is 27.5 Å². The van der Waals surface area contributed by atoms with Crippen LogP contribution in [0.15, 0.2) is 67.0 Å². The van der Waals surface area contributed by atoms with Gasteiger partial charge in [-0.25, -0.2) is 9.59 Å². The molecule has 6 rings (SSSR count). The van der Waals surface area contributed by atoms with Crippen molar-refractivity contribution in [2.75, 3.05) is 13.2 Å². The molecule has 2 aromatic heterocycles. The van der Waals surface area contributed by atoms with E-state index in [0.29, 0.717) is 24.4 Å². The van der Waals surface area contributed by atoms with Gasteiger partial charge in [0.05, 0.1) is 11.2 Å². The molecule has 2 aliphatic rings. The van der Waals surface area contributed by atoms with E-state index in [-0.39, 0.29) is 27.9 Å². The zero-order valence-electron chi connectivity index (χ0n) is 25.0. The Morgan fingerprint density at radius 1 is 0.610 bits per heavy atom. The van der Waals surface area contributed by atoms with Crippen LogP contribution in [0, 0.1) is 19.3 Å². The first-order chi connectivity index (χ1) is 19.1. The fourth-order valence-corrected chi connectivity index (χ4v) is 4.84. The van der Waals surface area contributed by atoms with E-state index in [0.717, 1.165) is 32.8 Å². The average molecular weight is 558 g/mol. The molecule has 0 aliphatic carbocycles. The lowest BCUT2D eigenvalue weighted by Crippen LogP contribution is -2.47. The third-order valence-electron chi connectivity index (χ3n) is 8.00. The van der Waals surface area contributed by atoms with Gasteiger partial charge >= 0.3 is 25.5 Å². The van der Waals surface area contributed by atoms with Gasteiger partial charge in [0.15, 0.2) is 0 Å². The van der Waals surface area contributed by atoms with Gasteiger partial charge in [-0.3, -0.25) is 0 Å². The second-order valence-corrected chi connectivity index (χ2v) is 12.7. The highest BCUT2D eigenvalue weighted by Crippen LogP contribution is 2.36. The summed E-state index contributed by atoms with van der Waals surface area (Å²) in [6, 6.07) is 14.4. The summed E-state index contributed by atoms with van der Waals surface area (Å²) in [4.78, 5) is 23.0. The van der Waals surface area contributed by atoms with E-state index in [1.807, 2.05) is 77.9 Å². The minimum absolute atomic E-state index is 0.0382. The molecule has 2 aromatic carbocycles. The van der Waals surface area contributed by atoms with E-state index >= 15 is 0 Å². The number of rotatable bonds is 2. The Kier molecular flexibility index (Phi) is 7.57. The van der Waals surface area contributed by atoms with E-state index in [1.165, 1.54) is 12.1 Å². The van der Waals surface area contributed by atoms with Crippen molar-refractivity contribution in [2.45, 2.75) is 66.6 Å². The van der Waals surface area contributed by atoms with Crippen molar-refractivity contribution in [2.24, 2.45) is 5.41 Å². The maximum atomic E-state index is 11.5. The topological polar surface area (TPSA) is 97.3 Å². The predicted octanol–water partition coefficient (Wildman–Crippen LogP) is 4.27. The van der Waals surface area contributed by atoms with Crippen molar-refractivity contribution in [1.82, 2.24) is 0 Å². The molecule has 0 N–H and O–H groups in total. The molecule has 0 radical (unpaired) electrons. The number of aryl methyl sites for hydroxylation is 2. The van der Waals surface area contributed by atoms with Crippen molar-refractivity contribution >= 4 is 47.1 Å². The van der Waals surface area contributed by atoms with E-state index in [2.05, 4.69) is 13.8 Å². The Labute approximate surface area is 240 Å². The van der Waals surface area contributed by atoms with Gasteiger partial charge in [-0.2, -0.15) is 0 Å². The van der Waals surface area contributed by atoms with E-state index in [9.17, 15) is 9.59 Å². The molecule has 0 unspecified atom stereocenters. The van der Waals surface area contributed by atoms with Gasteiger partial charge in [0, 0.05) is 41.5 Å². The smallest absolute Gasteiger partial charge is 0.423 e. The monoisotopic (exact) mass is 558 g/mol. The van der Waals surface area contributed by atoms with Crippen LogP contribution in [0.2, 0.25) is 0 Å². The lowest BCUT2D eigenvalue weighted by Gasteiger charge is -2.33. The van der Waals surface area contributed by atoms with Crippen molar-refractivity contribution in [1.29, 1.82) is 0 Å². The van der Waals surface area contributed by atoms with Crippen molar-refractivity contribution in [3.05, 3.63) is 80.5 Å². The molecule has 2 fully saturated rings. The summed E-state index contributed by atoms with van der Waals surface area (Å²) >= 11 is 0. The van der Waals surface area contributed by atoms with Crippen LogP contribution >= 0.6 is 0 Å². The third-order valence-corrected chi connectivity index (χ3v) is 8.00. The van der Waals surface area contributed by atoms with Crippen molar-refractivity contribution in [3.63, 3.8) is 0 Å². The molecule has 214 valence electrons. The molecule has 4 aromatic rings. The maximum absolute atomic E-state index is 11.5. The fourth-order valence-electron chi connectivity index (χ4n) is 4.84. The summed E-state index contributed by atoms with van der Waals surface area (Å²) in [6.45, 7) is 17.3. The molecular weight excluding hydrogens is 522 g/mol. The molecule has 0 spiro atoms. The first-order valence-electron chi connectivity index (χ1n) is 13.8. The first kappa shape index (κ1) is 29.3.